The Hall–Kier alpha value is -1.42. The van der Waals surface area contributed by atoms with Crippen molar-refractivity contribution >= 4 is 5.91 Å². The molecule has 0 aliphatic rings. The number of hydrogen-bond acceptors (Lipinski definition) is 3. The number of rotatable bonds is 6. The molecule has 76 valence electrons. The molecule has 0 bridgehead atoms. The normalized spacial score (nSPS) is 10.0. The fraction of sp³-hybridized carbons (Fsp3) is 0.400. The van der Waals surface area contributed by atoms with Crippen molar-refractivity contribution in [2.75, 3.05) is 13.1 Å². The van der Waals surface area contributed by atoms with Crippen molar-refractivity contribution in [1.29, 1.82) is 0 Å². The SMILES string of the molecule is NC(=O)CCNCCc1cccnc1. The van der Waals surface area contributed by atoms with Crippen LogP contribution in [0.1, 0.15) is 12.0 Å². The Labute approximate surface area is 83.5 Å². The Bertz CT molecular complexity index is 274. The summed E-state index contributed by atoms with van der Waals surface area (Å²) in [6.45, 7) is 1.49. The number of hydrogen-bond donors (Lipinski definition) is 2. The first-order chi connectivity index (χ1) is 6.79. The molecular formula is C10H15N3O. The number of nitrogens with zero attached hydrogens (tertiary/aromatic N) is 1. The van der Waals surface area contributed by atoms with Gasteiger partial charge in [-0.25, -0.2) is 0 Å². The maximum atomic E-state index is 10.4. The highest BCUT2D eigenvalue weighted by atomic mass is 16.1. The van der Waals surface area contributed by atoms with Gasteiger partial charge in [0.15, 0.2) is 0 Å². The van der Waals surface area contributed by atoms with Crippen molar-refractivity contribution < 1.29 is 4.79 Å². The van der Waals surface area contributed by atoms with Gasteiger partial charge < -0.3 is 11.1 Å². The van der Waals surface area contributed by atoms with E-state index in [-0.39, 0.29) is 5.91 Å². The molecule has 14 heavy (non-hydrogen) atoms. The first kappa shape index (κ1) is 10.7. The molecular weight excluding hydrogens is 178 g/mol. The van der Waals surface area contributed by atoms with Crippen LogP contribution in [0.5, 0.6) is 0 Å². The molecule has 0 aromatic carbocycles. The summed E-state index contributed by atoms with van der Waals surface area (Å²) in [5.74, 6) is -0.265. The molecule has 0 aliphatic carbocycles. The fourth-order valence-corrected chi connectivity index (χ4v) is 1.12. The van der Waals surface area contributed by atoms with E-state index in [1.807, 2.05) is 18.3 Å². The van der Waals surface area contributed by atoms with E-state index in [0.29, 0.717) is 13.0 Å². The fourth-order valence-electron chi connectivity index (χ4n) is 1.12. The zero-order chi connectivity index (χ0) is 10.2. The number of carbonyl (C=O) groups excluding carboxylic acids is 1. The van der Waals surface area contributed by atoms with E-state index in [1.165, 1.54) is 5.56 Å². The Morgan fingerprint density at radius 3 is 3.00 bits per heavy atom. The van der Waals surface area contributed by atoms with Crippen LogP contribution in [0.3, 0.4) is 0 Å². The maximum absolute atomic E-state index is 10.4. The predicted octanol–water partition coefficient (Wildman–Crippen LogP) is 0.0891. The summed E-state index contributed by atoms with van der Waals surface area (Å²) in [6, 6.07) is 3.95. The summed E-state index contributed by atoms with van der Waals surface area (Å²) in [4.78, 5) is 14.4. The number of amides is 1. The molecule has 4 nitrogen and oxygen atoms in total. The Morgan fingerprint density at radius 1 is 1.50 bits per heavy atom. The van der Waals surface area contributed by atoms with E-state index in [0.717, 1.165) is 13.0 Å². The minimum absolute atomic E-state index is 0.265. The number of nitrogens with two attached hydrogens (primary N) is 1. The summed E-state index contributed by atoms with van der Waals surface area (Å²) in [6.07, 6.45) is 4.92. The molecule has 0 aliphatic heterocycles. The van der Waals surface area contributed by atoms with Crippen LogP contribution in [0.25, 0.3) is 0 Å². The van der Waals surface area contributed by atoms with Gasteiger partial charge in [-0.2, -0.15) is 0 Å². The molecule has 1 rings (SSSR count). The minimum Gasteiger partial charge on any atom is -0.370 e. The smallest absolute Gasteiger partial charge is 0.218 e. The van der Waals surface area contributed by atoms with E-state index >= 15 is 0 Å². The van der Waals surface area contributed by atoms with Crippen molar-refractivity contribution in [1.82, 2.24) is 10.3 Å². The van der Waals surface area contributed by atoms with Crippen molar-refractivity contribution in [2.45, 2.75) is 12.8 Å². The molecule has 0 saturated heterocycles. The monoisotopic (exact) mass is 193 g/mol. The second-order valence-electron chi connectivity index (χ2n) is 3.08. The lowest BCUT2D eigenvalue weighted by Crippen LogP contribution is -2.23. The lowest BCUT2D eigenvalue weighted by atomic mass is 10.2. The summed E-state index contributed by atoms with van der Waals surface area (Å²) >= 11 is 0. The van der Waals surface area contributed by atoms with E-state index in [1.54, 1.807) is 6.20 Å². The van der Waals surface area contributed by atoms with E-state index < -0.39 is 0 Å². The highest BCUT2D eigenvalue weighted by molar-refractivity contribution is 5.73. The van der Waals surface area contributed by atoms with Crippen molar-refractivity contribution in [2.24, 2.45) is 5.73 Å². The van der Waals surface area contributed by atoms with Gasteiger partial charge in [0, 0.05) is 25.4 Å². The maximum Gasteiger partial charge on any atom is 0.218 e. The lowest BCUT2D eigenvalue weighted by molar-refractivity contribution is -0.117. The van der Waals surface area contributed by atoms with Crippen LogP contribution in [-0.2, 0) is 11.2 Å². The molecule has 4 heteroatoms. The molecule has 0 radical (unpaired) electrons. The number of nitrogens with one attached hydrogen (secondary N) is 1. The standard InChI is InChI=1S/C10H15N3O/c11-10(14)4-7-12-6-3-9-2-1-5-13-8-9/h1-2,5,8,12H,3-4,6-7H2,(H2,11,14). The van der Waals surface area contributed by atoms with Gasteiger partial charge in [0.05, 0.1) is 0 Å². The number of primary amides is 1. The molecule has 0 spiro atoms. The van der Waals surface area contributed by atoms with Gasteiger partial charge in [0.1, 0.15) is 0 Å². The second kappa shape index (κ2) is 6.10. The first-order valence-electron chi connectivity index (χ1n) is 4.67. The van der Waals surface area contributed by atoms with Gasteiger partial charge in [0.2, 0.25) is 5.91 Å². The largest absolute Gasteiger partial charge is 0.370 e. The van der Waals surface area contributed by atoms with Crippen LogP contribution in [-0.4, -0.2) is 24.0 Å². The van der Waals surface area contributed by atoms with E-state index in [4.69, 9.17) is 5.73 Å². The Morgan fingerprint density at radius 2 is 2.36 bits per heavy atom. The molecule has 0 saturated carbocycles. The van der Waals surface area contributed by atoms with Crippen LogP contribution < -0.4 is 11.1 Å². The summed E-state index contributed by atoms with van der Waals surface area (Å²) < 4.78 is 0. The Balaban J connectivity index is 2.08. The van der Waals surface area contributed by atoms with Gasteiger partial charge in [-0.1, -0.05) is 6.07 Å². The summed E-state index contributed by atoms with van der Waals surface area (Å²) in [7, 11) is 0. The number of carbonyl (C=O) groups is 1. The zero-order valence-electron chi connectivity index (χ0n) is 8.07. The van der Waals surface area contributed by atoms with Gasteiger partial charge >= 0.3 is 0 Å². The predicted molar refractivity (Wildman–Crippen MR) is 54.6 cm³/mol. The van der Waals surface area contributed by atoms with Crippen molar-refractivity contribution in [3.63, 3.8) is 0 Å². The molecule has 0 unspecified atom stereocenters. The highest BCUT2D eigenvalue weighted by Gasteiger charge is 1.94. The van der Waals surface area contributed by atoms with Gasteiger partial charge in [-0.15, -0.1) is 0 Å². The van der Waals surface area contributed by atoms with Crippen molar-refractivity contribution in [3.05, 3.63) is 30.1 Å². The molecule has 1 amide bonds. The van der Waals surface area contributed by atoms with Gasteiger partial charge in [0.25, 0.3) is 0 Å². The topological polar surface area (TPSA) is 68.0 Å². The quantitative estimate of drug-likeness (QED) is 0.629. The average molecular weight is 193 g/mol. The van der Waals surface area contributed by atoms with Crippen LogP contribution >= 0.6 is 0 Å². The van der Waals surface area contributed by atoms with Gasteiger partial charge in [-0.05, 0) is 24.6 Å². The van der Waals surface area contributed by atoms with Gasteiger partial charge in [-0.3, -0.25) is 9.78 Å². The summed E-state index contributed by atoms with van der Waals surface area (Å²) in [5.41, 5.74) is 6.19. The van der Waals surface area contributed by atoms with Crippen LogP contribution in [0.15, 0.2) is 24.5 Å². The summed E-state index contributed by atoms with van der Waals surface area (Å²) in [5, 5.41) is 3.14. The zero-order valence-corrected chi connectivity index (χ0v) is 8.07. The third-order valence-electron chi connectivity index (χ3n) is 1.86. The molecule has 1 aromatic rings. The highest BCUT2D eigenvalue weighted by Crippen LogP contribution is 1.95. The van der Waals surface area contributed by atoms with E-state index in [2.05, 4.69) is 10.3 Å². The second-order valence-corrected chi connectivity index (χ2v) is 3.08. The third-order valence-corrected chi connectivity index (χ3v) is 1.86. The van der Waals surface area contributed by atoms with Crippen LogP contribution in [0, 0.1) is 0 Å². The van der Waals surface area contributed by atoms with Crippen molar-refractivity contribution in [3.8, 4) is 0 Å². The molecule has 3 N–H and O–H groups in total. The molecule has 0 fully saturated rings. The first-order valence-corrected chi connectivity index (χ1v) is 4.67. The van der Waals surface area contributed by atoms with E-state index in [9.17, 15) is 4.79 Å². The van der Waals surface area contributed by atoms with Crippen LogP contribution in [0.2, 0.25) is 0 Å². The Kier molecular flexibility index (Phi) is 4.64. The number of aromatic nitrogens is 1. The van der Waals surface area contributed by atoms with Crippen LogP contribution in [0.4, 0.5) is 0 Å². The lowest BCUT2D eigenvalue weighted by Gasteiger charge is -2.02. The third kappa shape index (κ3) is 4.57. The molecule has 1 heterocycles. The number of pyridine rings is 1. The minimum atomic E-state index is -0.265. The molecule has 1 aromatic heterocycles. The molecule has 0 atom stereocenters. The average Bonchev–Trinajstić information content (AvgIpc) is 2.18.